The number of nitrogens with two attached hydrogens (primary N) is 1. The molecule has 0 aliphatic heterocycles. The highest BCUT2D eigenvalue weighted by Gasteiger charge is 2.29. The molecule has 0 amide bonds. The molecule has 1 heterocycles. The molecule has 78 valence electrons. The van der Waals surface area contributed by atoms with Gasteiger partial charge in [-0.3, -0.25) is 0 Å². The second-order valence-electron chi connectivity index (χ2n) is 4.41. The van der Waals surface area contributed by atoms with Gasteiger partial charge in [0.2, 0.25) is 0 Å². The molecule has 2 N–H and O–H groups in total. The van der Waals surface area contributed by atoms with Gasteiger partial charge in [-0.25, -0.2) is 0 Å². The third kappa shape index (κ3) is 1.21. The number of rotatable bonds is 2. The number of hydrogen-bond acceptors (Lipinski definition) is 1. The second-order valence-corrected chi connectivity index (χ2v) is 4.41. The first-order valence-corrected chi connectivity index (χ1v) is 5.59. The lowest BCUT2D eigenvalue weighted by molar-refractivity contribution is 0.829. The minimum Gasteiger partial charge on any atom is -0.346 e. The number of benzene rings is 1. The van der Waals surface area contributed by atoms with Crippen molar-refractivity contribution in [3.8, 4) is 0 Å². The Morgan fingerprint density at radius 2 is 2.07 bits per heavy atom. The van der Waals surface area contributed by atoms with Gasteiger partial charge in [0.25, 0.3) is 0 Å². The van der Waals surface area contributed by atoms with Gasteiger partial charge in [0.1, 0.15) is 0 Å². The van der Waals surface area contributed by atoms with Crippen LogP contribution in [0.3, 0.4) is 0 Å². The maximum atomic E-state index is 5.86. The fraction of sp³-hybridized carbons (Fsp3) is 0.385. The van der Waals surface area contributed by atoms with E-state index in [9.17, 15) is 0 Å². The summed E-state index contributed by atoms with van der Waals surface area (Å²) in [7, 11) is 2.12. The molecule has 1 aromatic carbocycles. The fourth-order valence-corrected chi connectivity index (χ4v) is 2.55. The number of hydrogen-bond donors (Lipinski definition) is 1. The van der Waals surface area contributed by atoms with Crippen LogP contribution in [0.1, 0.15) is 30.0 Å². The van der Waals surface area contributed by atoms with Gasteiger partial charge in [0.15, 0.2) is 0 Å². The van der Waals surface area contributed by atoms with E-state index in [1.54, 1.807) is 0 Å². The van der Waals surface area contributed by atoms with Crippen LogP contribution in [0.4, 0.5) is 0 Å². The van der Waals surface area contributed by atoms with E-state index in [4.69, 9.17) is 5.73 Å². The van der Waals surface area contributed by atoms with Gasteiger partial charge in [0, 0.05) is 30.2 Å². The lowest BCUT2D eigenvalue weighted by Gasteiger charge is -2.03. The molecule has 2 nitrogen and oxygen atoms in total. The Kier molecular flexibility index (Phi) is 1.86. The minimum atomic E-state index is 0.650. The number of aryl methyl sites for hydroxylation is 1. The molecule has 1 saturated carbocycles. The van der Waals surface area contributed by atoms with Crippen LogP contribution in [0, 0.1) is 0 Å². The highest BCUT2D eigenvalue weighted by Crippen LogP contribution is 2.45. The van der Waals surface area contributed by atoms with E-state index in [1.807, 2.05) is 0 Å². The molecule has 0 spiro atoms. The first-order valence-electron chi connectivity index (χ1n) is 5.59. The Morgan fingerprint density at radius 1 is 1.33 bits per heavy atom. The Hall–Kier alpha value is -1.28. The van der Waals surface area contributed by atoms with E-state index in [2.05, 4.69) is 35.9 Å². The van der Waals surface area contributed by atoms with Crippen LogP contribution in [0.25, 0.3) is 10.9 Å². The average Bonchev–Trinajstić information content (AvgIpc) is 3.05. The normalized spacial score (nSPS) is 16.1. The van der Waals surface area contributed by atoms with Crippen molar-refractivity contribution >= 4 is 10.9 Å². The monoisotopic (exact) mass is 200 g/mol. The highest BCUT2D eigenvalue weighted by molar-refractivity contribution is 5.86. The quantitative estimate of drug-likeness (QED) is 0.793. The molecule has 0 radical (unpaired) electrons. The van der Waals surface area contributed by atoms with Crippen molar-refractivity contribution < 1.29 is 0 Å². The molecule has 3 rings (SSSR count). The van der Waals surface area contributed by atoms with Crippen molar-refractivity contribution in [1.29, 1.82) is 0 Å². The van der Waals surface area contributed by atoms with Crippen molar-refractivity contribution in [3.63, 3.8) is 0 Å². The standard InChI is InChI=1S/C13H16N2/c1-15-11-5-3-2-4-10(11)13(9-6-7-9)12(15)8-14/h2-5,9H,6-8,14H2,1H3. The van der Waals surface area contributed by atoms with Crippen molar-refractivity contribution in [2.75, 3.05) is 0 Å². The minimum absolute atomic E-state index is 0.650. The summed E-state index contributed by atoms with van der Waals surface area (Å²) in [6.07, 6.45) is 2.67. The maximum absolute atomic E-state index is 5.86. The van der Waals surface area contributed by atoms with Crippen LogP contribution in [-0.4, -0.2) is 4.57 Å². The van der Waals surface area contributed by atoms with Gasteiger partial charge < -0.3 is 10.3 Å². The summed E-state index contributed by atoms with van der Waals surface area (Å²) in [4.78, 5) is 0. The van der Waals surface area contributed by atoms with Crippen molar-refractivity contribution in [3.05, 3.63) is 35.5 Å². The fourth-order valence-electron chi connectivity index (χ4n) is 2.55. The van der Waals surface area contributed by atoms with Gasteiger partial charge in [0.05, 0.1) is 0 Å². The van der Waals surface area contributed by atoms with Crippen molar-refractivity contribution in [2.24, 2.45) is 12.8 Å². The zero-order chi connectivity index (χ0) is 10.4. The number of nitrogens with zero attached hydrogens (tertiary/aromatic N) is 1. The van der Waals surface area contributed by atoms with Crippen LogP contribution in [0.2, 0.25) is 0 Å². The van der Waals surface area contributed by atoms with Crippen LogP contribution in [0.5, 0.6) is 0 Å². The Bertz CT molecular complexity index is 506. The van der Waals surface area contributed by atoms with Crippen molar-refractivity contribution in [2.45, 2.75) is 25.3 Å². The lowest BCUT2D eigenvalue weighted by Crippen LogP contribution is -2.05. The maximum Gasteiger partial charge on any atom is 0.0483 e. The van der Waals surface area contributed by atoms with E-state index in [0.29, 0.717) is 6.54 Å². The lowest BCUT2D eigenvalue weighted by atomic mass is 10.1. The summed E-state index contributed by atoms with van der Waals surface area (Å²) in [5.74, 6) is 0.773. The Morgan fingerprint density at radius 3 is 2.73 bits per heavy atom. The number of para-hydroxylation sites is 1. The van der Waals surface area contributed by atoms with Crippen LogP contribution in [-0.2, 0) is 13.6 Å². The van der Waals surface area contributed by atoms with Gasteiger partial charge in [-0.05, 0) is 30.4 Å². The van der Waals surface area contributed by atoms with E-state index in [0.717, 1.165) is 5.92 Å². The molecular weight excluding hydrogens is 184 g/mol. The van der Waals surface area contributed by atoms with Gasteiger partial charge in [-0.2, -0.15) is 0 Å². The van der Waals surface area contributed by atoms with E-state index < -0.39 is 0 Å². The third-order valence-corrected chi connectivity index (χ3v) is 3.45. The third-order valence-electron chi connectivity index (χ3n) is 3.45. The molecule has 2 aromatic rings. The summed E-state index contributed by atoms with van der Waals surface area (Å²) in [5, 5.41) is 1.41. The van der Waals surface area contributed by atoms with E-state index in [1.165, 1.54) is 35.0 Å². The van der Waals surface area contributed by atoms with Crippen LogP contribution in [0.15, 0.2) is 24.3 Å². The van der Waals surface area contributed by atoms with Gasteiger partial charge in [-0.15, -0.1) is 0 Å². The zero-order valence-electron chi connectivity index (χ0n) is 9.03. The second kappa shape index (κ2) is 3.11. The summed E-state index contributed by atoms with van der Waals surface area (Å²) >= 11 is 0. The molecule has 1 aromatic heterocycles. The molecule has 1 fully saturated rings. The number of fused-ring (bicyclic) bond motifs is 1. The Labute approximate surface area is 89.7 Å². The largest absolute Gasteiger partial charge is 0.346 e. The summed E-state index contributed by atoms with van der Waals surface area (Å²) in [6, 6.07) is 8.62. The number of aromatic nitrogens is 1. The Balaban J connectivity index is 2.37. The highest BCUT2D eigenvalue weighted by atomic mass is 15.0. The van der Waals surface area contributed by atoms with Crippen molar-refractivity contribution in [1.82, 2.24) is 4.57 Å². The first kappa shape index (κ1) is 8.98. The van der Waals surface area contributed by atoms with Gasteiger partial charge >= 0.3 is 0 Å². The zero-order valence-corrected chi connectivity index (χ0v) is 9.03. The molecule has 0 saturated heterocycles. The first-order chi connectivity index (χ1) is 7.33. The molecule has 1 aliphatic carbocycles. The topological polar surface area (TPSA) is 30.9 Å². The smallest absolute Gasteiger partial charge is 0.0483 e. The SMILES string of the molecule is Cn1c(CN)c(C2CC2)c2ccccc21. The average molecular weight is 200 g/mol. The predicted octanol–water partition coefficient (Wildman–Crippen LogP) is 2.51. The summed E-state index contributed by atoms with van der Waals surface area (Å²) in [6.45, 7) is 0.650. The summed E-state index contributed by atoms with van der Waals surface area (Å²) < 4.78 is 2.25. The van der Waals surface area contributed by atoms with Crippen LogP contribution >= 0.6 is 0 Å². The van der Waals surface area contributed by atoms with Gasteiger partial charge in [-0.1, -0.05) is 18.2 Å². The molecule has 15 heavy (non-hydrogen) atoms. The van der Waals surface area contributed by atoms with Crippen LogP contribution < -0.4 is 5.73 Å². The molecule has 2 heteroatoms. The molecule has 0 atom stereocenters. The van der Waals surface area contributed by atoms with E-state index in [-0.39, 0.29) is 0 Å². The molecule has 1 aliphatic rings. The molecule has 0 bridgehead atoms. The predicted molar refractivity (Wildman–Crippen MR) is 62.8 cm³/mol. The molecule has 0 unspecified atom stereocenters. The van der Waals surface area contributed by atoms with E-state index >= 15 is 0 Å². The summed E-state index contributed by atoms with van der Waals surface area (Å²) in [5.41, 5.74) is 10.0. The molecular formula is C13H16N2.